The molecule has 1 N–H and O–H groups in total. The van der Waals surface area contributed by atoms with Gasteiger partial charge in [0.1, 0.15) is 0 Å². The maximum atomic E-state index is 12.2. The lowest BCUT2D eigenvalue weighted by Crippen LogP contribution is -2.57. The molecule has 0 aromatic rings. The Labute approximate surface area is 183 Å². The maximum absolute atomic E-state index is 12.2. The smallest absolute Gasteiger partial charge is 0.193 e. The molecule has 2 aliphatic heterocycles. The molecule has 1 atom stereocenters. The topological polar surface area (TPSA) is 65.0 Å². The first-order chi connectivity index (χ1) is 12.3. The van der Waals surface area contributed by atoms with Crippen LogP contribution in [0.2, 0.25) is 0 Å². The standard InChI is InChI=1S/C19H38N4O2S.HI/c1-5-20-18(23-14-15-26(24,25)19(3,4)16-23)21-11-7-9-13-22-12-8-6-10-17(22)2;/h17H,5-16H2,1-4H3,(H,20,21);1H. The van der Waals surface area contributed by atoms with Gasteiger partial charge in [-0.15, -0.1) is 24.0 Å². The van der Waals surface area contributed by atoms with Gasteiger partial charge < -0.3 is 15.1 Å². The molecule has 27 heavy (non-hydrogen) atoms. The highest BCUT2D eigenvalue weighted by molar-refractivity contribution is 14.0. The summed E-state index contributed by atoms with van der Waals surface area (Å²) in [6.45, 7) is 13.1. The first kappa shape index (κ1) is 24.9. The van der Waals surface area contributed by atoms with Gasteiger partial charge in [0, 0.05) is 32.2 Å². The Morgan fingerprint density at radius 3 is 2.59 bits per heavy atom. The highest BCUT2D eigenvalue weighted by Gasteiger charge is 2.40. The third-order valence-corrected chi connectivity index (χ3v) is 8.27. The fourth-order valence-electron chi connectivity index (χ4n) is 3.85. The summed E-state index contributed by atoms with van der Waals surface area (Å²) in [6.07, 6.45) is 6.29. The van der Waals surface area contributed by atoms with Crippen LogP contribution in [0.3, 0.4) is 0 Å². The second-order valence-corrected chi connectivity index (χ2v) is 11.1. The second kappa shape index (κ2) is 11.2. The van der Waals surface area contributed by atoms with Gasteiger partial charge in [-0.1, -0.05) is 6.42 Å². The van der Waals surface area contributed by atoms with E-state index in [1.54, 1.807) is 0 Å². The Balaban J connectivity index is 0.00000364. The van der Waals surface area contributed by atoms with E-state index in [9.17, 15) is 8.42 Å². The molecule has 0 aliphatic carbocycles. The van der Waals surface area contributed by atoms with E-state index in [2.05, 4.69) is 29.0 Å². The first-order valence-corrected chi connectivity index (χ1v) is 11.9. The van der Waals surface area contributed by atoms with Crippen LogP contribution in [-0.2, 0) is 9.84 Å². The molecule has 0 radical (unpaired) electrons. The van der Waals surface area contributed by atoms with Crippen molar-refractivity contribution in [2.24, 2.45) is 4.99 Å². The van der Waals surface area contributed by atoms with Gasteiger partial charge in [-0.25, -0.2) is 8.42 Å². The number of sulfone groups is 1. The fourth-order valence-corrected chi connectivity index (χ4v) is 5.22. The summed E-state index contributed by atoms with van der Waals surface area (Å²) in [5.41, 5.74) is 0. The van der Waals surface area contributed by atoms with Gasteiger partial charge in [-0.05, 0) is 66.5 Å². The number of nitrogens with one attached hydrogen (secondary N) is 1. The van der Waals surface area contributed by atoms with Crippen molar-refractivity contribution < 1.29 is 8.42 Å². The van der Waals surface area contributed by atoms with Gasteiger partial charge in [-0.2, -0.15) is 0 Å². The quantitative estimate of drug-likeness (QED) is 0.256. The van der Waals surface area contributed by atoms with E-state index >= 15 is 0 Å². The highest BCUT2D eigenvalue weighted by Crippen LogP contribution is 2.23. The molecule has 2 aliphatic rings. The maximum Gasteiger partial charge on any atom is 0.193 e. The van der Waals surface area contributed by atoms with E-state index in [0.717, 1.165) is 31.5 Å². The van der Waals surface area contributed by atoms with Gasteiger partial charge in [0.2, 0.25) is 0 Å². The molecule has 2 heterocycles. The van der Waals surface area contributed by atoms with E-state index in [1.807, 2.05) is 13.8 Å². The van der Waals surface area contributed by atoms with E-state index in [-0.39, 0.29) is 29.7 Å². The molecule has 0 saturated carbocycles. The summed E-state index contributed by atoms with van der Waals surface area (Å²) in [6, 6.07) is 0.724. The summed E-state index contributed by atoms with van der Waals surface area (Å²) in [5.74, 6) is 1.07. The Morgan fingerprint density at radius 1 is 1.22 bits per heavy atom. The zero-order valence-electron chi connectivity index (χ0n) is 17.5. The van der Waals surface area contributed by atoms with Crippen molar-refractivity contribution in [2.75, 3.05) is 45.0 Å². The van der Waals surface area contributed by atoms with Crippen molar-refractivity contribution in [3.05, 3.63) is 0 Å². The number of nitrogens with zero attached hydrogens (tertiary/aromatic N) is 3. The van der Waals surface area contributed by atoms with Crippen molar-refractivity contribution >= 4 is 39.8 Å². The molecule has 0 spiro atoms. The minimum Gasteiger partial charge on any atom is -0.357 e. The average molecular weight is 515 g/mol. The number of likely N-dealkylation sites (tertiary alicyclic amines) is 1. The summed E-state index contributed by atoms with van der Waals surface area (Å²) in [7, 11) is -3.02. The van der Waals surface area contributed by atoms with Crippen LogP contribution in [-0.4, -0.2) is 80.0 Å². The van der Waals surface area contributed by atoms with Gasteiger partial charge in [-0.3, -0.25) is 4.99 Å². The molecule has 1 unspecified atom stereocenters. The minimum absolute atomic E-state index is 0. The lowest BCUT2D eigenvalue weighted by atomic mass is 10.0. The van der Waals surface area contributed by atoms with Crippen molar-refractivity contribution in [3.63, 3.8) is 0 Å². The highest BCUT2D eigenvalue weighted by atomic mass is 127. The summed E-state index contributed by atoms with van der Waals surface area (Å²) < 4.78 is 23.7. The molecule has 0 aromatic heterocycles. The van der Waals surface area contributed by atoms with E-state index < -0.39 is 14.6 Å². The van der Waals surface area contributed by atoms with Crippen molar-refractivity contribution in [2.45, 2.75) is 70.6 Å². The summed E-state index contributed by atoms with van der Waals surface area (Å²) >= 11 is 0. The fraction of sp³-hybridized carbons (Fsp3) is 0.947. The number of aliphatic imine (C=N–C) groups is 1. The number of rotatable bonds is 6. The van der Waals surface area contributed by atoms with Crippen LogP contribution in [0.4, 0.5) is 0 Å². The number of guanidine groups is 1. The zero-order chi connectivity index (χ0) is 19.2. The minimum atomic E-state index is -3.02. The Bertz CT molecular complexity index is 580. The monoisotopic (exact) mass is 514 g/mol. The molecule has 2 fully saturated rings. The van der Waals surface area contributed by atoms with Gasteiger partial charge in [0.05, 0.1) is 10.5 Å². The Hall–Kier alpha value is -0.0900. The van der Waals surface area contributed by atoms with Crippen LogP contribution in [0.1, 0.15) is 59.8 Å². The number of piperidine rings is 1. The summed E-state index contributed by atoms with van der Waals surface area (Å²) in [5, 5.41) is 3.34. The van der Waals surface area contributed by atoms with E-state index in [4.69, 9.17) is 4.99 Å². The molecule has 8 heteroatoms. The lowest BCUT2D eigenvalue weighted by Gasteiger charge is -2.39. The average Bonchev–Trinajstić information content (AvgIpc) is 2.58. The van der Waals surface area contributed by atoms with Crippen LogP contribution >= 0.6 is 24.0 Å². The molecule has 0 bridgehead atoms. The molecule has 2 saturated heterocycles. The number of hydrogen-bond acceptors (Lipinski definition) is 4. The SMILES string of the molecule is CCNC(=NCCCCN1CCCCC1C)N1CCS(=O)(=O)C(C)(C)C1.I. The largest absolute Gasteiger partial charge is 0.357 e. The van der Waals surface area contributed by atoms with Gasteiger partial charge in [0.25, 0.3) is 0 Å². The van der Waals surface area contributed by atoms with Crippen LogP contribution in [0, 0.1) is 0 Å². The molecule has 0 amide bonds. The molecule has 160 valence electrons. The summed E-state index contributed by atoms with van der Waals surface area (Å²) in [4.78, 5) is 9.49. The van der Waals surface area contributed by atoms with Crippen molar-refractivity contribution in [1.29, 1.82) is 0 Å². The molecule has 6 nitrogen and oxygen atoms in total. The van der Waals surface area contributed by atoms with E-state index in [1.165, 1.54) is 38.8 Å². The van der Waals surface area contributed by atoms with Crippen LogP contribution in [0.5, 0.6) is 0 Å². The number of hydrogen-bond donors (Lipinski definition) is 1. The van der Waals surface area contributed by atoms with E-state index in [0.29, 0.717) is 13.1 Å². The van der Waals surface area contributed by atoms with Gasteiger partial charge in [0.15, 0.2) is 15.8 Å². The third kappa shape index (κ3) is 7.03. The molecular formula is C19H39IN4O2S. The lowest BCUT2D eigenvalue weighted by molar-refractivity contribution is 0.158. The van der Waals surface area contributed by atoms with Crippen molar-refractivity contribution in [3.8, 4) is 0 Å². The number of unbranched alkanes of at least 4 members (excludes halogenated alkanes) is 1. The van der Waals surface area contributed by atoms with Crippen LogP contribution in [0.25, 0.3) is 0 Å². The number of halogens is 1. The first-order valence-electron chi connectivity index (χ1n) is 10.3. The molecule has 0 aromatic carbocycles. The second-order valence-electron chi connectivity index (χ2n) is 8.32. The zero-order valence-corrected chi connectivity index (χ0v) is 20.7. The van der Waals surface area contributed by atoms with Crippen LogP contribution in [0.15, 0.2) is 4.99 Å². The normalized spacial score (nSPS) is 25.7. The predicted molar refractivity (Wildman–Crippen MR) is 125 cm³/mol. The van der Waals surface area contributed by atoms with Crippen molar-refractivity contribution in [1.82, 2.24) is 15.1 Å². The molecule has 2 rings (SSSR count). The van der Waals surface area contributed by atoms with Gasteiger partial charge >= 0.3 is 0 Å². The third-order valence-electron chi connectivity index (χ3n) is 5.73. The predicted octanol–water partition coefficient (Wildman–Crippen LogP) is 2.73. The Morgan fingerprint density at radius 2 is 1.96 bits per heavy atom. The Kier molecular flexibility index (Phi) is 10.3. The van der Waals surface area contributed by atoms with Crippen LogP contribution < -0.4 is 5.32 Å². The molecular weight excluding hydrogens is 475 g/mol.